The van der Waals surface area contributed by atoms with Crippen LogP contribution in [0.3, 0.4) is 0 Å². The number of furan rings is 1. The monoisotopic (exact) mass is 532 g/mol. The number of carbonyl (C=O) groups excluding carboxylic acids is 1. The van der Waals surface area contributed by atoms with Crippen molar-refractivity contribution in [1.82, 2.24) is 9.71 Å². The van der Waals surface area contributed by atoms with Crippen LogP contribution in [-0.4, -0.2) is 26.0 Å². The summed E-state index contributed by atoms with van der Waals surface area (Å²) in [5.41, 5.74) is 2.56. The number of carbonyl (C=O) groups is 1. The van der Waals surface area contributed by atoms with E-state index in [9.17, 15) is 13.2 Å². The van der Waals surface area contributed by atoms with Gasteiger partial charge in [-0.25, -0.2) is 13.1 Å². The first-order chi connectivity index (χ1) is 18.3. The third kappa shape index (κ3) is 4.70. The van der Waals surface area contributed by atoms with Crippen LogP contribution in [0.15, 0.2) is 82.1 Å². The number of sulfonamides is 1. The van der Waals surface area contributed by atoms with Gasteiger partial charge in [-0.15, -0.1) is 0 Å². The second kappa shape index (κ2) is 9.41. The molecule has 1 N–H and O–H groups in total. The number of Topliss-reactive ketones (excluding diaryl/α,β-unsaturated/α-hetero) is 1. The molecule has 0 radical (unpaired) electrons. The van der Waals surface area contributed by atoms with Crippen LogP contribution in [0.25, 0.3) is 11.3 Å². The van der Waals surface area contributed by atoms with E-state index < -0.39 is 15.4 Å². The lowest BCUT2D eigenvalue weighted by atomic mass is 9.88. The molecule has 1 aliphatic heterocycles. The minimum absolute atomic E-state index is 0. The molecule has 196 valence electrons. The number of ether oxygens (including phenoxy) is 2. The van der Waals surface area contributed by atoms with Crippen LogP contribution >= 0.6 is 0 Å². The number of fused-ring (bicyclic) bond motifs is 1. The molecule has 0 atom stereocenters. The zero-order valence-corrected chi connectivity index (χ0v) is 21.6. The fourth-order valence-corrected chi connectivity index (χ4v) is 5.75. The summed E-state index contributed by atoms with van der Waals surface area (Å²) in [6.45, 7) is 2.08. The molecule has 2 aromatic heterocycles. The highest BCUT2D eigenvalue weighted by Crippen LogP contribution is 2.51. The minimum Gasteiger partial charge on any atom is -0.465 e. The van der Waals surface area contributed by atoms with Crippen LogP contribution in [0, 0.1) is 6.92 Å². The molecule has 1 aliphatic carbocycles. The van der Waals surface area contributed by atoms with Gasteiger partial charge in [0.2, 0.25) is 16.8 Å². The number of hydrogen-bond acceptors (Lipinski definition) is 7. The van der Waals surface area contributed by atoms with Crippen molar-refractivity contribution in [3.05, 3.63) is 95.6 Å². The number of hydrogen-bond donors (Lipinski definition) is 1. The van der Waals surface area contributed by atoms with E-state index in [1.54, 1.807) is 43.3 Å². The summed E-state index contributed by atoms with van der Waals surface area (Å²) in [6, 6.07) is 21.3. The lowest BCUT2D eigenvalue weighted by molar-refractivity contribution is -0.120. The molecule has 2 aliphatic rings. The number of nitrogens with zero attached hydrogens (tertiary/aromatic N) is 1. The van der Waals surface area contributed by atoms with E-state index in [2.05, 4.69) is 4.72 Å². The Hall–Kier alpha value is -3.95. The molecule has 1 fully saturated rings. The van der Waals surface area contributed by atoms with Crippen LogP contribution in [0.1, 0.15) is 37.0 Å². The van der Waals surface area contributed by atoms with Gasteiger partial charge < -0.3 is 13.9 Å². The summed E-state index contributed by atoms with van der Waals surface area (Å²) in [6.07, 6.45) is 1.81. The first-order valence-corrected chi connectivity index (χ1v) is 13.9. The van der Waals surface area contributed by atoms with Crippen LogP contribution in [0.5, 0.6) is 11.5 Å². The maximum absolute atomic E-state index is 13.4. The number of benzene rings is 2. The summed E-state index contributed by atoms with van der Waals surface area (Å²) in [5.74, 6) is 2.78. The normalized spacial score (nSPS) is 15.4. The lowest BCUT2D eigenvalue weighted by Crippen LogP contribution is -2.23. The third-order valence-electron chi connectivity index (χ3n) is 7.05. The Labute approximate surface area is 222 Å². The molecule has 6 rings (SSSR count). The van der Waals surface area contributed by atoms with Crippen molar-refractivity contribution in [1.29, 1.82) is 0 Å². The highest BCUT2D eigenvalue weighted by Gasteiger charge is 2.51. The molecule has 0 saturated heterocycles. The summed E-state index contributed by atoms with van der Waals surface area (Å²) in [4.78, 5) is 18.2. The number of pyridine rings is 1. The predicted molar refractivity (Wildman–Crippen MR) is 141 cm³/mol. The SMILES string of the molecule is Cc1ccc(CNS(=O)(=O)c2ccc(-c3cccc(CC(=O)C4(c5ccc6c(c5)OCO6)CC4)n3)cc2)o1.[HH]. The van der Waals surface area contributed by atoms with Gasteiger partial charge in [0, 0.05) is 19.1 Å². The zero-order valence-electron chi connectivity index (χ0n) is 20.8. The minimum atomic E-state index is -3.70. The number of rotatable bonds is 9. The van der Waals surface area contributed by atoms with Crippen molar-refractivity contribution in [2.75, 3.05) is 6.79 Å². The van der Waals surface area contributed by atoms with E-state index in [-0.39, 0.29) is 31.9 Å². The number of ketones is 1. The molecule has 2 aromatic carbocycles. The van der Waals surface area contributed by atoms with E-state index in [1.807, 2.05) is 36.4 Å². The maximum Gasteiger partial charge on any atom is 0.240 e. The van der Waals surface area contributed by atoms with Gasteiger partial charge >= 0.3 is 0 Å². The second-order valence-corrected chi connectivity index (χ2v) is 11.4. The molecule has 1 saturated carbocycles. The van der Waals surface area contributed by atoms with Crippen LogP contribution in [0.2, 0.25) is 0 Å². The highest BCUT2D eigenvalue weighted by atomic mass is 32.2. The molecular weight excluding hydrogens is 504 g/mol. The van der Waals surface area contributed by atoms with Crippen molar-refractivity contribution in [2.45, 2.75) is 43.0 Å². The van der Waals surface area contributed by atoms with Crippen LogP contribution in [-0.2, 0) is 33.2 Å². The molecular formula is C29H28N2O6S. The summed E-state index contributed by atoms with van der Waals surface area (Å²) >= 11 is 0. The molecule has 0 bridgehead atoms. The van der Waals surface area contributed by atoms with Gasteiger partial charge in [0.15, 0.2) is 11.5 Å². The molecule has 0 amide bonds. The summed E-state index contributed by atoms with van der Waals surface area (Å²) in [5, 5.41) is 0. The van der Waals surface area contributed by atoms with Crippen molar-refractivity contribution < 1.29 is 28.5 Å². The Morgan fingerprint density at radius 1 is 1.00 bits per heavy atom. The molecule has 9 heteroatoms. The predicted octanol–water partition coefficient (Wildman–Crippen LogP) is 4.95. The average molecular weight is 533 g/mol. The molecule has 4 aromatic rings. The van der Waals surface area contributed by atoms with Crippen molar-refractivity contribution in [3.63, 3.8) is 0 Å². The largest absolute Gasteiger partial charge is 0.465 e. The molecule has 0 unspecified atom stereocenters. The standard InChI is InChI=1S/C29H26N2O6S.H2/c1-19-5-9-23(37-19)17-30-38(33,34)24-10-6-20(7-11-24)25-4-2-3-22(31-25)16-28(32)29(13-14-29)21-8-12-26-27(15-21)36-18-35-26;/h2-12,15,30H,13-14,16-18H2,1H3;1H. The van der Waals surface area contributed by atoms with E-state index >= 15 is 0 Å². The summed E-state index contributed by atoms with van der Waals surface area (Å²) < 4.78 is 44.3. The van der Waals surface area contributed by atoms with Gasteiger partial charge in [0.1, 0.15) is 17.3 Å². The van der Waals surface area contributed by atoms with Crippen molar-refractivity contribution in [3.8, 4) is 22.8 Å². The van der Waals surface area contributed by atoms with Crippen LogP contribution in [0.4, 0.5) is 0 Å². The third-order valence-corrected chi connectivity index (χ3v) is 8.47. The Balaban J connectivity index is 0.00000308. The fraction of sp³-hybridized carbons (Fsp3) is 0.241. The Morgan fingerprint density at radius 2 is 1.79 bits per heavy atom. The highest BCUT2D eigenvalue weighted by molar-refractivity contribution is 7.89. The van der Waals surface area contributed by atoms with Gasteiger partial charge in [0.05, 0.1) is 22.5 Å². The number of aryl methyl sites for hydroxylation is 1. The second-order valence-electron chi connectivity index (χ2n) is 9.63. The summed E-state index contributed by atoms with van der Waals surface area (Å²) in [7, 11) is -3.70. The zero-order chi connectivity index (χ0) is 26.3. The van der Waals surface area contributed by atoms with E-state index in [4.69, 9.17) is 18.9 Å². The first kappa shape index (κ1) is 24.4. The van der Waals surface area contributed by atoms with Crippen LogP contribution < -0.4 is 14.2 Å². The van der Waals surface area contributed by atoms with Gasteiger partial charge in [0.25, 0.3) is 0 Å². The molecule has 0 spiro atoms. The fourth-order valence-electron chi connectivity index (χ4n) is 4.75. The molecule has 38 heavy (non-hydrogen) atoms. The van der Waals surface area contributed by atoms with Gasteiger partial charge in [-0.1, -0.05) is 24.3 Å². The van der Waals surface area contributed by atoms with Gasteiger partial charge in [-0.05, 0) is 73.9 Å². The average Bonchev–Trinajstić information content (AvgIpc) is 3.42. The Morgan fingerprint density at radius 3 is 2.53 bits per heavy atom. The maximum atomic E-state index is 13.4. The van der Waals surface area contributed by atoms with Gasteiger partial charge in [-0.3, -0.25) is 9.78 Å². The van der Waals surface area contributed by atoms with E-state index in [0.717, 1.165) is 29.7 Å². The Bertz CT molecular complexity index is 1630. The Kier molecular flexibility index (Phi) is 6.04. The van der Waals surface area contributed by atoms with E-state index in [1.165, 1.54) is 0 Å². The van der Waals surface area contributed by atoms with Crippen molar-refractivity contribution in [2.24, 2.45) is 0 Å². The smallest absolute Gasteiger partial charge is 0.240 e. The number of aromatic nitrogens is 1. The van der Waals surface area contributed by atoms with Crippen molar-refractivity contribution >= 4 is 15.8 Å². The molecule has 8 nitrogen and oxygen atoms in total. The van der Waals surface area contributed by atoms with Gasteiger partial charge in [-0.2, -0.15) is 0 Å². The van der Waals surface area contributed by atoms with E-state index in [0.29, 0.717) is 28.6 Å². The first-order valence-electron chi connectivity index (χ1n) is 12.4. The topological polar surface area (TPSA) is 108 Å². The number of nitrogens with one attached hydrogen (secondary N) is 1. The lowest BCUT2D eigenvalue weighted by Gasteiger charge is -2.15. The quantitative estimate of drug-likeness (QED) is 0.325. The molecule has 3 heterocycles.